The highest BCUT2D eigenvalue weighted by atomic mass is 16.4. The molecule has 0 aliphatic carbocycles. The molecule has 2 nitrogen and oxygen atoms in total. The number of carboxylic acids is 1. The minimum Gasteiger partial charge on any atom is -0.481 e. The second-order valence-corrected chi connectivity index (χ2v) is 4.95. The highest BCUT2D eigenvalue weighted by Crippen LogP contribution is 2.31. The van der Waals surface area contributed by atoms with Crippen LogP contribution in [-0.2, 0) is 10.2 Å². The van der Waals surface area contributed by atoms with Gasteiger partial charge in [0.2, 0.25) is 0 Å². The van der Waals surface area contributed by atoms with Crippen LogP contribution in [0.4, 0.5) is 0 Å². The number of aliphatic carboxylic acids is 1. The smallest absolute Gasteiger partial charge is 0.310 e. The lowest BCUT2D eigenvalue weighted by atomic mass is 9.77. The van der Waals surface area contributed by atoms with Crippen molar-refractivity contribution < 1.29 is 9.90 Å². The standard InChI is InChI=1S/C15H22O2/c1-5-15(4,6-2)13-9-7-12(8-10-13)11(3)14(16)17/h7-11H,5-6H2,1-4H3,(H,16,17)/t11-/m1/s1. The first-order valence-electron chi connectivity index (χ1n) is 6.28. The highest BCUT2D eigenvalue weighted by molar-refractivity contribution is 5.75. The van der Waals surface area contributed by atoms with Gasteiger partial charge in [-0.05, 0) is 36.3 Å². The van der Waals surface area contributed by atoms with Crippen LogP contribution in [0.5, 0.6) is 0 Å². The van der Waals surface area contributed by atoms with Crippen molar-refractivity contribution in [3.05, 3.63) is 35.4 Å². The van der Waals surface area contributed by atoms with E-state index in [1.165, 1.54) is 5.56 Å². The van der Waals surface area contributed by atoms with Crippen LogP contribution in [-0.4, -0.2) is 11.1 Å². The van der Waals surface area contributed by atoms with Crippen molar-refractivity contribution >= 4 is 5.97 Å². The summed E-state index contributed by atoms with van der Waals surface area (Å²) < 4.78 is 0. The quantitative estimate of drug-likeness (QED) is 0.837. The van der Waals surface area contributed by atoms with E-state index in [1.807, 2.05) is 12.1 Å². The molecule has 94 valence electrons. The summed E-state index contributed by atoms with van der Waals surface area (Å²) in [6.45, 7) is 8.35. The molecule has 0 radical (unpaired) electrons. The second kappa shape index (κ2) is 5.35. The zero-order valence-electron chi connectivity index (χ0n) is 11.2. The maximum Gasteiger partial charge on any atom is 0.310 e. The zero-order valence-corrected chi connectivity index (χ0v) is 11.2. The summed E-state index contributed by atoms with van der Waals surface area (Å²) in [6, 6.07) is 8.03. The van der Waals surface area contributed by atoms with E-state index in [4.69, 9.17) is 5.11 Å². The minimum atomic E-state index is -0.772. The van der Waals surface area contributed by atoms with Gasteiger partial charge in [-0.1, -0.05) is 45.0 Å². The number of benzene rings is 1. The number of carbonyl (C=O) groups is 1. The van der Waals surface area contributed by atoms with Gasteiger partial charge in [0.05, 0.1) is 5.92 Å². The van der Waals surface area contributed by atoms with Crippen molar-refractivity contribution in [2.24, 2.45) is 0 Å². The van der Waals surface area contributed by atoms with E-state index in [0.717, 1.165) is 18.4 Å². The van der Waals surface area contributed by atoms with Gasteiger partial charge in [0.25, 0.3) is 0 Å². The lowest BCUT2D eigenvalue weighted by Gasteiger charge is -2.27. The molecule has 0 unspecified atom stereocenters. The van der Waals surface area contributed by atoms with Crippen molar-refractivity contribution in [1.29, 1.82) is 0 Å². The predicted molar refractivity (Wildman–Crippen MR) is 70.4 cm³/mol. The van der Waals surface area contributed by atoms with Crippen molar-refractivity contribution in [3.8, 4) is 0 Å². The first kappa shape index (κ1) is 13.8. The maximum atomic E-state index is 10.9. The molecule has 17 heavy (non-hydrogen) atoms. The van der Waals surface area contributed by atoms with Crippen LogP contribution in [0.3, 0.4) is 0 Å². The summed E-state index contributed by atoms with van der Waals surface area (Å²) in [5.74, 6) is -1.20. The summed E-state index contributed by atoms with van der Waals surface area (Å²) >= 11 is 0. The van der Waals surface area contributed by atoms with Gasteiger partial charge >= 0.3 is 5.97 Å². The van der Waals surface area contributed by atoms with Crippen LogP contribution in [0.15, 0.2) is 24.3 Å². The third-order valence-corrected chi connectivity index (χ3v) is 4.04. The number of rotatable bonds is 5. The fourth-order valence-corrected chi connectivity index (χ4v) is 1.97. The molecule has 0 aliphatic rings. The topological polar surface area (TPSA) is 37.3 Å². The van der Waals surface area contributed by atoms with Crippen molar-refractivity contribution in [2.45, 2.75) is 51.9 Å². The van der Waals surface area contributed by atoms with Crippen LogP contribution in [0.2, 0.25) is 0 Å². The first-order chi connectivity index (χ1) is 7.94. The van der Waals surface area contributed by atoms with Crippen LogP contribution < -0.4 is 0 Å². The normalized spacial score (nSPS) is 13.4. The van der Waals surface area contributed by atoms with E-state index in [0.29, 0.717) is 0 Å². The number of hydrogen-bond acceptors (Lipinski definition) is 1. The molecule has 0 saturated heterocycles. The summed E-state index contributed by atoms with van der Waals surface area (Å²) in [5, 5.41) is 8.96. The average molecular weight is 234 g/mol. The molecule has 1 rings (SSSR count). The van der Waals surface area contributed by atoms with Gasteiger partial charge in [-0.25, -0.2) is 0 Å². The van der Waals surface area contributed by atoms with E-state index in [1.54, 1.807) is 6.92 Å². The Morgan fingerprint density at radius 3 is 2.06 bits per heavy atom. The Bertz CT molecular complexity index is 374. The van der Waals surface area contributed by atoms with Gasteiger partial charge in [0.1, 0.15) is 0 Å². The Labute approximate surface area is 104 Å². The van der Waals surface area contributed by atoms with Gasteiger partial charge in [-0.2, -0.15) is 0 Å². The molecule has 1 aromatic rings. The molecule has 1 atom stereocenters. The molecule has 0 fully saturated rings. The molecule has 0 bridgehead atoms. The molecule has 2 heteroatoms. The molecule has 0 heterocycles. The van der Waals surface area contributed by atoms with Gasteiger partial charge in [0.15, 0.2) is 0 Å². The maximum absolute atomic E-state index is 10.9. The van der Waals surface area contributed by atoms with Gasteiger partial charge in [-0.3, -0.25) is 4.79 Å². The molecular formula is C15H22O2. The van der Waals surface area contributed by atoms with Crippen molar-refractivity contribution in [2.75, 3.05) is 0 Å². The van der Waals surface area contributed by atoms with E-state index in [-0.39, 0.29) is 5.41 Å². The Balaban J connectivity index is 2.99. The molecule has 1 N–H and O–H groups in total. The zero-order chi connectivity index (χ0) is 13.1. The third kappa shape index (κ3) is 2.87. The Hall–Kier alpha value is -1.31. The van der Waals surface area contributed by atoms with Crippen LogP contribution in [0, 0.1) is 0 Å². The van der Waals surface area contributed by atoms with Crippen LogP contribution in [0.1, 0.15) is 57.6 Å². The molecule has 0 aliphatic heterocycles. The monoisotopic (exact) mass is 234 g/mol. The molecule has 0 amide bonds. The Morgan fingerprint density at radius 2 is 1.71 bits per heavy atom. The largest absolute Gasteiger partial charge is 0.481 e. The second-order valence-electron chi connectivity index (χ2n) is 4.95. The van der Waals surface area contributed by atoms with Crippen molar-refractivity contribution in [1.82, 2.24) is 0 Å². The van der Waals surface area contributed by atoms with Crippen LogP contribution in [0.25, 0.3) is 0 Å². The predicted octanol–water partition coefficient (Wildman–Crippen LogP) is 3.95. The summed E-state index contributed by atoms with van der Waals surface area (Å²) in [5.41, 5.74) is 2.37. The fraction of sp³-hybridized carbons (Fsp3) is 0.533. The molecular weight excluding hydrogens is 212 g/mol. The minimum absolute atomic E-state index is 0.199. The van der Waals surface area contributed by atoms with E-state index in [9.17, 15) is 4.79 Å². The van der Waals surface area contributed by atoms with Gasteiger partial charge in [-0.15, -0.1) is 0 Å². The summed E-state index contributed by atoms with van der Waals surface area (Å²) in [7, 11) is 0. The third-order valence-electron chi connectivity index (χ3n) is 4.04. The summed E-state index contributed by atoms with van der Waals surface area (Å²) in [6.07, 6.45) is 2.19. The van der Waals surface area contributed by atoms with Gasteiger partial charge in [0, 0.05) is 0 Å². The molecule has 0 spiro atoms. The Kier molecular flexibility index (Phi) is 4.33. The van der Waals surface area contributed by atoms with Crippen molar-refractivity contribution in [3.63, 3.8) is 0 Å². The molecule has 0 aromatic heterocycles. The molecule has 1 aromatic carbocycles. The van der Waals surface area contributed by atoms with E-state index in [2.05, 4.69) is 32.9 Å². The van der Waals surface area contributed by atoms with Gasteiger partial charge < -0.3 is 5.11 Å². The SMILES string of the molecule is CCC(C)(CC)c1ccc([C@@H](C)C(=O)O)cc1. The average Bonchev–Trinajstić information content (AvgIpc) is 2.37. The van der Waals surface area contributed by atoms with E-state index >= 15 is 0 Å². The fourth-order valence-electron chi connectivity index (χ4n) is 1.97. The number of carboxylic acid groups (broad SMARTS) is 1. The molecule has 0 saturated carbocycles. The van der Waals surface area contributed by atoms with Crippen LogP contribution >= 0.6 is 0 Å². The summed E-state index contributed by atoms with van der Waals surface area (Å²) in [4.78, 5) is 10.9. The highest BCUT2D eigenvalue weighted by Gasteiger charge is 2.22. The lowest BCUT2D eigenvalue weighted by Crippen LogP contribution is -2.19. The van der Waals surface area contributed by atoms with E-state index < -0.39 is 11.9 Å². The Morgan fingerprint density at radius 1 is 1.24 bits per heavy atom. The number of hydrogen-bond donors (Lipinski definition) is 1. The first-order valence-corrected chi connectivity index (χ1v) is 6.28. The lowest BCUT2D eigenvalue weighted by molar-refractivity contribution is -0.138.